The second-order valence-electron chi connectivity index (χ2n) is 5.71. The van der Waals surface area contributed by atoms with Gasteiger partial charge in [0.1, 0.15) is 5.82 Å². The number of nitrogens with one attached hydrogen (secondary N) is 3. The number of sulfonamides is 1. The molecule has 0 aromatic heterocycles. The van der Waals surface area contributed by atoms with E-state index in [4.69, 9.17) is 0 Å². The third-order valence-corrected chi connectivity index (χ3v) is 5.05. The van der Waals surface area contributed by atoms with Gasteiger partial charge >= 0.3 is 0 Å². The molecule has 2 rings (SSSR count). The maximum atomic E-state index is 13.6. The Labute approximate surface area is 152 Å². The highest BCUT2D eigenvalue weighted by Crippen LogP contribution is 2.19. The number of likely N-dealkylation sites (N-methyl/N-ethyl adjacent to an activating group) is 1. The van der Waals surface area contributed by atoms with Crippen molar-refractivity contribution in [2.75, 3.05) is 24.4 Å². The maximum absolute atomic E-state index is 13.6. The van der Waals surface area contributed by atoms with Gasteiger partial charge in [0.2, 0.25) is 0 Å². The number of anilines is 1. The highest BCUT2D eigenvalue weighted by molar-refractivity contribution is 7.92. The minimum atomic E-state index is -3.95. The van der Waals surface area contributed by atoms with Gasteiger partial charge in [-0.3, -0.25) is 9.52 Å². The minimum absolute atomic E-state index is 0.180. The summed E-state index contributed by atoms with van der Waals surface area (Å²) in [6.07, 6.45) is 0. The molecule has 0 heterocycles. The van der Waals surface area contributed by atoms with Gasteiger partial charge in [-0.15, -0.1) is 0 Å². The number of amides is 1. The zero-order chi connectivity index (χ0) is 19.2. The number of carbonyl (C=O) groups excluding carboxylic acids is 1. The average molecular weight is 379 g/mol. The highest BCUT2D eigenvalue weighted by atomic mass is 32.2. The van der Waals surface area contributed by atoms with Gasteiger partial charge in [0.15, 0.2) is 0 Å². The molecule has 26 heavy (non-hydrogen) atoms. The monoisotopic (exact) mass is 379 g/mol. The van der Waals surface area contributed by atoms with Gasteiger partial charge in [0.25, 0.3) is 15.9 Å². The van der Waals surface area contributed by atoms with E-state index in [0.29, 0.717) is 24.2 Å². The number of rotatable bonds is 8. The van der Waals surface area contributed by atoms with Crippen LogP contribution in [-0.2, 0) is 10.0 Å². The van der Waals surface area contributed by atoms with Gasteiger partial charge in [0.05, 0.1) is 4.90 Å². The van der Waals surface area contributed by atoms with Crippen molar-refractivity contribution in [3.63, 3.8) is 0 Å². The van der Waals surface area contributed by atoms with E-state index >= 15 is 0 Å². The lowest BCUT2D eigenvalue weighted by molar-refractivity contribution is 0.0954. The van der Waals surface area contributed by atoms with Crippen molar-refractivity contribution in [1.29, 1.82) is 0 Å². The molecule has 0 saturated carbocycles. The highest BCUT2D eigenvalue weighted by Gasteiger charge is 2.16. The van der Waals surface area contributed by atoms with Crippen molar-refractivity contribution in [2.45, 2.75) is 18.7 Å². The third kappa shape index (κ3) is 5.27. The summed E-state index contributed by atoms with van der Waals surface area (Å²) in [4.78, 5) is 11.9. The molecule has 0 fully saturated rings. The van der Waals surface area contributed by atoms with Crippen LogP contribution < -0.4 is 15.4 Å². The SMILES string of the molecule is CCNCCNC(=O)c1cccc(NS(=O)(=O)c2ccc(C)c(F)c2)c1. The van der Waals surface area contributed by atoms with E-state index in [2.05, 4.69) is 15.4 Å². The van der Waals surface area contributed by atoms with E-state index < -0.39 is 15.8 Å². The summed E-state index contributed by atoms with van der Waals surface area (Å²) in [5.74, 6) is -0.896. The molecule has 0 radical (unpaired) electrons. The smallest absolute Gasteiger partial charge is 0.261 e. The molecule has 0 bridgehead atoms. The summed E-state index contributed by atoms with van der Waals surface area (Å²) < 4.78 is 40.8. The van der Waals surface area contributed by atoms with Gasteiger partial charge in [-0.1, -0.05) is 19.1 Å². The fourth-order valence-corrected chi connectivity index (χ4v) is 3.28. The van der Waals surface area contributed by atoms with Gasteiger partial charge in [-0.05, 0) is 49.4 Å². The fraction of sp³-hybridized carbons (Fsp3) is 0.278. The van der Waals surface area contributed by atoms with Crippen LogP contribution >= 0.6 is 0 Å². The summed E-state index contributed by atoms with van der Waals surface area (Å²) in [7, 11) is -3.95. The Morgan fingerprint density at radius 2 is 1.88 bits per heavy atom. The standard InChI is InChI=1S/C18H22FN3O3S/c1-3-20-9-10-21-18(23)14-5-4-6-15(11-14)22-26(24,25)16-8-7-13(2)17(19)12-16/h4-8,11-12,20,22H,3,9-10H2,1-2H3,(H,21,23). The van der Waals surface area contributed by atoms with Crippen LogP contribution in [0.2, 0.25) is 0 Å². The van der Waals surface area contributed by atoms with E-state index in [0.717, 1.165) is 12.6 Å². The van der Waals surface area contributed by atoms with Crippen molar-refractivity contribution in [3.05, 3.63) is 59.4 Å². The van der Waals surface area contributed by atoms with Crippen LogP contribution in [0.15, 0.2) is 47.4 Å². The fourth-order valence-electron chi connectivity index (χ4n) is 2.22. The van der Waals surface area contributed by atoms with Crippen LogP contribution in [-0.4, -0.2) is 34.0 Å². The molecule has 0 unspecified atom stereocenters. The Balaban J connectivity index is 2.12. The molecule has 0 aliphatic carbocycles. The molecule has 140 valence electrons. The molecule has 0 atom stereocenters. The van der Waals surface area contributed by atoms with Gasteiger partial charge < -0.3 is 10.6 Å². The molecule has 0 spiro atoms. The van der Waals surface area contributed by atoms with Crippen molar-refractivity contribution in [1.82, 2.24) is 10.6 Å². The van der Waals surface area contributed by atoms with Crippen molar-refractivity contribution in [2.24, 2.45) is 0 Å². The molecule has 2 aromatic carbocycles. The van der Waals surface area contributed by atoms with E-state index in [-0.39, 0.29) is 16.5 Å². The van der Waals surface area contributed by atoms with E-state index in [9.17, 15) is 17.6 Å². The molecule has 0 aliphatic rings. The van der Waals surface area contributed by atoms with Gasteiger partial charge in [0, 0.05) is 24.3 Å². The van der Waals surface area contributed by atoms with E-state index in [1.54, 1.807) is 19.1 Å². The number of hydrogen-bond acceptors (Lipinski definition) is 4. The molecule has 8 heteroatoms. The predicted molar refractivity (Wildman–Crippen MR) is 99.3 cm³/mol. The average Bonchev–Trinajstić information content (AvgIpc) is 2.60. The Kier molecular flexibility index (Phi) is 6.70. The van der Waals surface area contributed by atoms with Crippen molar-refractivity contribution >= 4 is 21.6 Å². The van der Waals surface area contributed by atoms with Crippen LogP contribution in [0, 0.1) is 12.7 Å². The summed E-state index contributed by atoms with van der Waals surface area (Å²) in [5.41, 5.74) is 0.919. The summed E-state index contributed by atoms with van der Waals surface area (Å²) in [5, 5.41) is 5.83. The Hall–Kier alpha value is -2.45. The molecule has 0 saturated heterocycles. The quantitative estimate of drug-likeness (QED) is 0.614. The number of carbonyl (C=O) groups is 1. The Bertz CT molecular complexity index is 885. The van der Waals surface area contributed by atoms with E-state index in [1.807, 2.05) is 6.92 Å². The largest absolute Gasteiger partial charge is 0.351 e. The lowest BCUT2D eigenvalue weighted by atomic mass is 10.2. The summed E-state index contributed by atoms with van der Waals surface area (Å²) in [6.45, 7) is 5.44. The van der Waals surface area contributed by atoms with Crippen LogP contribution in [0.4, 0.5) is 10.1 Å². The number of hydrogen-bond donors (Lipinski definition) is 3. The lowest BCUT2D eigenvalue weighted by Gasteiger charge is -2.11. The van der Waals surface area contributed by atoms with E-state index in [1.165, 1.54) is 24.3 Å². The summed E-state index contributed by atoms with van der Waals surface area (Å²) in [6, 6.07) is 9.83. The number of halogens is 1. The van der Waals surface area contributed by atoms with Crippen LogP contribution in [0.1, 0.15) is 22.8 Å². The molecule has 2 aromatic rings. The van der Waals surface area contributed by atoms with Gasteiger partial charge in [-0.25, -0.2) is 12.8 Å². The molecular formula is C18H22FN3O3S. The van der Waals surface area contributed by atoms with Crippen LogP contribution in [0.25, 0.3) is 0 Å². The molecule has 1 amide bonds. The molecule has 0 aliphatic heterocycles. The maximum Gasteiger partial charge on any atom is 0.261 e. The van der Waals surface area contributed by atoms with Gasteiger partial charge in [-0.2, -0.15) is 0 Å². The lowest BCUT2D eigenvalue weighted by Crippen LogP contribution is -2.31. The van der Waals surface area contributed by atoms with Crippen LogP contribution in [0.5, 0.6) is 0 Å². The first-order valence-electron chi connectivity index (χ1n) is 8.21. The third-order valence-electron chi connectivity index (χ3n) is 3.67. The molecular weight excluding hydrogens is 357 g/mol. The second-order valence-corrected chi connectivity index (χ2v) is 7.39. The Morgan fingerprint density at radius 1 is 1.12 bits per heavy atom. The first-order chi connectivity index (χ1) is 12.3. The zero-order valence-corrected chi connectivity index (χ0v) is 15.5. The molecule has 6 nitrogen and oxygen atoms in total. The van der Waals surface area contributed by atoms with Crippen LogP contribution in [0.3, 0.4) is 0 Å². The second kappa shape index (κ2) is 8.77. The predicted octanol–water partition coefficient (Wildman–Crippen LogP) is 2.27. The number of aryl methyl sites for hydroxylation is 1. The summed E-state index contributed by atoms with van der Waals surface area (Å²) >= 11 is 0. The first kappa shape index (κ1) is 19.9. The normalized spacial score (nSPS) is 11.2. The number of benzene rings is 2. The first-order valence-corrected chi connectivity index (χ1v) is 9.70. The topological polar surface area (TPSA) is 87.3 Å². The molecule has 3 N–H and O–H groups in total. The van der Waals surface area contributed by atoms with Crippen molar-refractivity contribution < 1.29 is 17.6 Å². The van der Waals surface area contributed by atoms with Crippen molar-refractivity contribution in [3.8, 4) is 0 Å². The zero-order valence-electron chi connectivity index (χ0n) is 14.7. The Morgan fingerprint density at radius 3 is 2.58 bits per heavy atom. The minimum Gasteiger partial charge on any atom is -0.351 e.